The molecule has 2 heterocycles. The minimum atomic E-state index is -3.74. The Morgan fingerprint density at radius 3 is 2.38 bits per heavy atom. The van der Waals surface area contributed by atoms with Gasteiger partial charge >= 0.3 is 0 Å². The summed E-state index contributed by atoms with van der Waals surface area (Å²) in [6.07, 6.45) is 1.98. The highest BCUT2D eigenvalue weighted by Crippen LogP contribution is 2.37. The first-order chi connectivity index (χ1) is 13.9. The van der Waals surface area contributed by atoms with E-state index in [1.807, 2.05) is 42.6 Å². The van der Waals surface area contributed by atoms with E-state index in [0.717, 1.165) is 15.7 Å². The molecule has 1 aromatic heterocycles. The zero-order chi connectivity index (χ0) is 20.6. The number of amides is 1. The molecule has 29 heavy (non-hydrogen) atoms. The number of fused-ring (bicyclic) bond motifs is 1. The van der Waals surface area contributed by atoms with E-state index < -0.39 is 16.1 Å². The minimum Gasteiger partial charge on any atom is -0.348 e. The number of carbonyl (C=O) groups is 1. The lowest BCUT2D eigenvalue weighted by Gasteiger charge is -2.36. The maximum absolute atomic E-state index is 13.5. The highest BCUT2D eigenvalue weighted by molar-refractivity contribution is 9.10. The number of nitrogens with one attached hydrogen (secondary N) is 1. The van der Waals surface area contributed by atoms with Gasteiger partial charge in [-0.2, -0.15) is 4.31 Å². The summed E-state index contributed by atoms with van der Waals surface area (Å²) < 4.78 is 31.6. The topological polar surface area (TPSA) is 71.4 Å². The molecule has 8 heteroatoms. The largest absolute Gasteiger partial charge is 0.348 e. The molecule has 0 unspecified atom stereocenters. The fraction of sp³-hybridized carbons (Fsp3) is 0.190. The molecule has 0 radical (unpaired) electrons. The van der Waals surface area contributed by atoms with Gasteiger partial charge in [0.05, 0.1) is 10.9 Å². The molecule has 1 aliphatic heterocycles. The Labute approximate surface area is 178 Å². The third kappa shape index (κ3) is 3.88. The number of hydrogen-bond donors (Lipinski definition) is 1. The van der Waals surface area contributed by atoms with Crippen molar-refractivity contribution in [2.75, 3.05) is 11.9 Å². The Morgan fingerprint density at radius 1 is 1.03 bits per heavy atom. The van der Waals surface area contributed by atoms with Gasteiger partial charge in [-0.25, -0.2) is 8.42 Å². The Balaban J connectivity index is 1.75. The van der Waals surface area contributed by atoms with Crippen molar-refractivity contribution in [3.05, 3.63) is 82.6 Å². The molecular weight excluding hydrogens is 454 g/mol. The zero-order valence-electron chi connectivity index (χ0n) is 15.7. The highest BCUT2D eigenvalue weighted by Gasteiger charge is 2.37. The lowest BCUT2D eigenvalue weighted by atomic mass is 10.0. The van der Waals surface area contributed by atoms with Gasteiger partial charge in [0.1, 0.15) is 0 Å². The van der Waals surface area contributed by atoms with E-state index in [4.69, 9.17) is 0 Å². The van der Waals surface area contributed by atoms with Crippen molar-refractivity contribution in [2.45, 2.75) is 24.4 Å². The van der Waals surface area contributed by atoms with Gasteiger partial charge in [0.15, 0.2) is 0 Å². The highest BCUT2D eigenvalue weighted by atomic mass is 79.9. The van der Waals surface area contributed by atoms with E-state index in [-0.39, 0.29) is 10.8 Å². The zero-order valence-corrected chi connectivity index (χ0v) is 18.2. The van der Waals surface area contributed by atoms with Crippen LogP contribution in [0.15, 0.2) is 76.2 Å². The van der Waals surface area contributed by atoms with Crippen molar-refractivity contribution < 1.29 is 13.2 Å². The molecule has 0 saturated carbocycles. The van der Waals surface area contributed by atoms with Gasteiger partial charge in [-0.1, -0.05) is 28.1 Å². The van der Waals surface area contributed by atoms with Crippen LogP contribution in [-0.2, 0) is 21.4 Å². The van der Waals surface area contributed by atoms with Gasteiger partial charge in [0, 0.05) is 42.1 Å². The van der Waals surface area contributed by atoms with Crippen LogP contribution in [0.2, 0.25) is 0 Å². The molecule has 1 N–H and O–H groups in total. The Bertz CT molecular complexity index is 1140. The quantitative estimate of drug-likeness (QED) is 0.622. The van der Waals surface area contributed by atoms with Crippen LogP contribution >= 0.6 is 15.9 Å². The molecule has 6 nitrogen and oxygen atoms in total. The lowest BCUT2D eigenvalue weighted by Crippen LogP contribution is -2.42. The number of benzene rings is 2. The maximum atomic E-state index is 13.5. The second-order valence-corrected chi connectivity index (χ2v) is 9.71. The monoisotopic (exact) mass is 473 g/mol. The van der Waals surface area contributed by atoms with Crippen molar-refractivity contribution in [3.8, 4) is 0 Å². The maximum Gasteiger partial charge on any atom is 0.244 e. The number of aromatic nitrogens is 1. The van der Waals surface area contributed by atoms with Crippen LogP contribution in [-0.4, -0.2) is 29.7 Å². The number of nitrogens with zero attached hydrogens (tertiary/aromatic N) is 2. The fourth-order valence-corrected chi connectivity index (χ4v) is 5.50. The molecule has 1 atom stereocenters. The number of sulfonamides is 1. The summed E-state index contributed by atoms with van der Waals surface area (Å²) in [5.74, 6) is -0.201. The first-order valence-electron chi connectivity index (χ1n) is 9.16. The van der Waals surface area contributed by atoms with Gasteiger partial charge in [-0.05, 0) is 54.1 Å². The van der Waals surface area contributed by atoms with E-state index in [9.17, 15) is 13.2 Å². The molecule has 1 amide bonds. The van der Waals surface area contributed by atoms with Crippen LogP contribution in [0.4, 0.5) is 5.69 Å². The fourth-order valence-electron chi connectivity index (χ4n) is 3.65. The summed E-state index contributed by atoms with van der Waals surface area (Å²) in [6, 6.07) is 17.5. The van der Waals surface area contributed by atoms with E-state index in [1.165, 1.54) is 19.1 Å². The predicted molar refractivity (Wildman–Crippen MR) is 115 cm³/mol. The third-order valence-electron chi connectivity index (χ3n) is 4.96. The van der Waals surface area contributed by atoms with Crippen LogP contribution in [0, 0.1) is 0 Å². The SMILES string of the molecule is CC(=O)Nc1ccc(S(=O)(=O)N2CCn3cccc3[C@@H]2c2ccc(Br)cc2)cc1. The minimum absolute atomic E-state index is 0.201. The predicted octanol–water partition coefficient (Wildman–Crippen LogP) is 4.00. The molecule has 0 saturated heterocycles. The van der Waals surface area contributed by atoms with E-state index in [1.54, 1.807) is 16.4 Å². The first kappa shape index (κ1) is 19.9. The molecule has 0 spiro atoms. The van der Waals surface area contributed by atoms with Gasteiger partial charge < -0.3 is 9.88 Å². The van der Waals surface area contributed by atoms with Crippen molar-refractivity contribution in [1.29, 1.82) is 0 Å². The van der Waals surface area contributed by atoms with E-state index in [2.05, 4.69) is 25.8 Å². The molecule has 0 fully saturated rings. The molecule has 1 aliphatic rings. The molecular formula is C21H20BrN3O3S. The first-order valence-corrected chi connectivity index (χ1v) is 11.4. The summed E-state index contributed by atoms with van der Waals surface area (Å²) in [6.45, 7) is 2.38. The van der Waals surface area contributed by atoms with Gasteiger partial charge in [0.2, 0.25) is 15.9 Å². The average Bonchev–Trinajstić information content (AvgIpc) is 3.17. The van der Waals surface area contributed by atoms with Crippen LogP contribution in [0.3, 0.4) is 0 Å². The number of anilines is 1. The standard InChI is InChI=1S/C21H20BrN3O3S/c1-15(26)23-18-8-10-19(11-9-18)29(27,28)25-14-13-24-12-2-3-20(24)21(25)16-4-6-17(22)7-5-16/h2-12,21H,13-14H2,1H3,(H,23,26)/t21-/m0/s1. The summed E-state index contributed by atoms with van der Waals surface area (Å²) in [5, 5.41) is 2.66. The Kier molecular flexibility index (Phi) is 5.33. The van der Waals surface area contributed by atoms with Gasteiger partial charge in [0.25, 0.3) is 0 Å². The van der Waals surface area contributed by atoms with Gasteiger partial charge in [-0.3, -0.25) is 4.79 Å². The smallest absolute Gasteiger partial charge is 0.244 e. The second-order valence-electron chi connectivity index (χ2n) is 6.90. The Hall–Kier alpha value is -2.42. The van der Waals surface area contributed by atoms with Crippen LogP contribution < -0.4 is 5.32 Å². The van der Waals surface area contributed by atoms with Crippen LogP contribution in [0.25, 0.3) is 0 Å². The average molecular weight is 474 g/mol. The molecule has 0 aliphatic carbocycles. The summed E-state index contributed by atoms with van der Waals surface area (Å²) in [7, 11) is -3.74. The van der Waals surface area contributed by atoms with Crippen molar-refractivity contribution in [2.24, 2.45) is 0 Å². The second kappa shape index (κ2) is 7.78. The molecule has 4 rings (SSSR count). The number of hydrogen-bond acceptors (Lipinski definition) is 3. The molecule has 3 aromatic rings. The van der Waals surface area contributed by atoms with E-state index >= 15 is 0 Å². The summed E-state index contributed by atoms with van der Waals surface area (Å²) in [5.41, 5.74) is 2.41. The van der Waals surface area contributed by atoms with Crippen LogP contribution in [0.5, 0.6) is 0 Å². The van der Waals surface area contributed by atoms with E-state index in [0.29, 0.717) is 18.8 Å². The third-order valence-corrected chi connectivity index (χ3v) is 7.37. The van der Waals surface area contributed by atoms with Crippen molar-refractivity contribution >= 4 is 37.5 Å². The number of halogens is 1. The molecule has 2 aromatic carbocycles. The van der Waals surface area contributed by atoms with Crippen molar-refractivity contribution in [1.82, 2.24) is 8.87 Å². The number of carbonyl (C=O) groups excluding carboxylic acids is 1. The molecule has 150 valence electrons. The molecule has 0 bridgehead atoms. The normalized spacial score (nSPS) is 17.0. The van der Waals surface area contributed by atoms with Crippen LogP contribution in [0.1, 0.15) is 24.2 Å². The lowest BCUT2D eigenvalue weighted by molar-refractivity contribution is -0.114. The number of rotatable bonds is 4. The Morgan fingerprint density at radius 2 is 1.72 bits per heavy atom. The van der Waals surface area contributed by atoms with Gasteiger partial charge in [-0.15, -0.1) is 0 Å². The summed E-state index contributed by atoms with van der Waals surface area (Å²) >= 11 is 3.44. The van der Waals surface area contributed by atoms with Crippen molar-refractivity contribution in [3.63, 3.8) is 0 Å². The summed E-state index contributed by atoms with van der Waals surface area (Å²) in [4.78, 5) is 11.4.